The van der Waals surface area contributed by atoms with Crippen molar-refractivity contribution in [1.29, 1.82) is 0 Å². The Bertz CT molecular complexity index is 1460. The first-order valence-corrected chi connectivity index (χ1v) is 9.44. The van der Waals surface area contributed by atoms with Crippen molar-refractivity contribution in [3.63, 3.8) is 0 Å². The summed E-state index contributed by atoms with van der Waals surface area (Å²) in [5.41, 5.74) is 3.63. The van der Waals surface area contributed by atoms with E-state index in [2.05, 4.69) is 20.5 Å². The third-order valence-electron chi connectivity index (χ3n) is 4.90. The van der Waals surface area contributed by atoms with Crippen LogP contribution in [0.15, 0.2) is 79.1 Å². The maximum Gasteiger partial charge on any atom is 0.335 e. The number of hydrogen-bond donors (Lipinski definition) is 2. The van der Waals surface area contributed by atoms with Crippen LogP contribution in [0.4, 0.5) is 11.5 Å². The molecule has 5 aromatic rings. The fourth-order valence-corrected chi connectivity index (χ4v) is 3.40. The zero-order valence-corrected chi connectivity index (χ0v) is 16.1. The van der Waals surface area contributed by atoms with Crippen LogP contribution in [0.2, 0.25) is 0 Å². The molecule has 2 heterocycles. The van der Waals surface area contributed by atoms with Gasteiger partial charge in [0.1, 0.15) is 6.33 Å². The van der Waals surface area contributed by atoms with Crippen LogP contribution in [0.25, 0.3) is 16.7 Å². The number of aromatic nitrogens is 4. The molecule has 0 aliphatic heterocycles. The quantitative estimate of drug-likeness (QED) is 0.423. The minimum absolute atomic E-state index is 0.0867. The maximum absolute atomic E-state index is 12.8. The molecule has 0 spiro atoms. The number of ketones is 1. The van der Waals surface area contributed by atoms with Crippen molar-refractivity contribution in [3.05, 3.63) is 95.8 Å². The summed E-state index contributed by atoms with van der Waals surface area (Å²) in [5, 5.41) is 20.5. The van der Waals surface area contributed by atoms with Gasteiger partial charge in [-0.1, -0.05) is 36.4 Å². The molecule has 2 aromatic heterocycles. The number of anilines is 2. The van der Waals surface area contributed by atoms with Gasteiger partial charge in [-0.3, -0.25) is 9.20 Å². The van der Waals surface area contributed by atoms with Crippen molar-refractivity contribution in [3.8, 4) is 0 Å². The summed E-state index contributed by atoms with van der Waals surface area (Å²) in [4.78, 5) is 28.7. The van der Waals surface area contributed by atoms with Gasteiger partial charge in [0.15, 0.2) is 11.6 Å². The predicted molar refractivity (Wildman–Crippen MR) is 115 cm³/mol. The summed E-state index contributed by atoms with van der Waals surface area (Å²) in [6.45, 7) is 0. The summed E-state index contributed by atoms with van der Waals surface area (Å²) >= 11 is 0. The Morgan fingerprint density at radius 2 is 1.68 bits per heavy atom. The standard InChI is InChI=1S/C23H15N5O3/c29-20(14-5-2-1-3-6-14)15-9-10-18-19(12-15)28-13-24-27-22(28)21(26-18)25-17-8-4-7-16(11-17)23(30)31/h1-13H,(H,25,26)(H,30,31). The van der Waals surface area contributed by atoms with Crippen molar-refractivity contribution >= 4 is 39.9 Å². The fraction of sp³-hybridized carbons (Fsp3) is 0. The SMILES string of the molecule is O=C(O)c1cccc(Nc2nc3ccc(C(=O)c4ccccc4)cc3n3cnnc23)c1. The highest BCUT2D eigenvalue weighted by Gasteiger charge is 2.15. The zero-order chi connectivity index (χ0) is 21.4. The number of aromatic carboxylic acids is 1. The van der Waals surface area contributed by atoms with Crippen LogP contribution >= 0.6 is 0 Å². The normalized spacial score (nSPS) is 11.0. The molecule has 0 amide bonds. The minimum Gasteiger partial charge on any atom is -0.478 e. The molecule has 31 heavy (non-hydrogen) atoms. The Balaban J connectivity index is 1.59. The number of fused-ring (bicyclic) bond motifs is 3. The second kappa shape index (κ2) is 7.34. The Labute approximate surface area is 175 Å². The van der Waals surface area contributed by atoms with Gasteiger partial charge >= 0.3 is 5.97 Å². The van der Waals surface area contributed by atoms with Gasteiger partial charge in [0.05, 0.1) is 16.6 Å². The van der Waals surface area contributed by atoms with Crippen molar-refractivity contribution in [2.75, 3.05) is 5.32 Å². The number of carboxylic acid groups (broad SMARTS) is 1. The summed E-state index contributed by atoms with van der Waals surface area (Å²) in [6, 6.07) is 20.7. The summed E-state index contributed by atoms with van der Waals surface area (Å²) in [7, 11) is 0. The third kappa shape index (κ3) is 3.36. The molecule has 5 rings (SSSR count). The zero-order valence-electron chi connectivity index (χ0n) is 16.1. The molecule has 0 saturated carbocycles. The largest absolute Gasteiger partial charge is 0.478 e. The Hall–Kier alpha value is -4.59. The van der Waals surface area contributed by atoms with E-state index in [9.17, 15) is 14.7 Å². The van der Waals surface area contributed by atoms with Crippen molar-refractivity contribution in [1.82, 2.24) is 19.6 Å². The molecule has 8 nitrogen and oxygen atoms in total. The second-order valence-corrected chi connectivity index (χ2v) is 6.89. The highest BCUT2D eigenvalue weighted by atomic mass is 16.4. The van der Waals surface area contributed by atoms with E-state index in [-0.39, 0.29) is 11.3 Å². The van der Waals surface area contributed by atoms with Crippen LogP contribution in [-0.4, -0.2) is 36.4 Å². The third-order valence-corrected chi connectivity index (χ3v) is 4.90. The number of nitrogens with zero attached hydrogens (tertiary/aromatic N) is 4. The average molecular weight is 409 g/mol. The molecular formula is C23H15N5O3. The lowest BCUT2D eigenvalue weighted by atomic mass is 10.0. The van der Waals surface area contributed by atoms with Crippen LogP contribution in [0.1, 0.15) is 26.3 Å². The van der Waals surface area contributed by atoms with E-state index >= 15 is 0 Å². The molecule has 0 radical (unpaired) electrons. The van der Waals surface area contributed by atoms with E-state index < -0.39 is 5.97 Å². The smallest absolute Gasteiger partial charge is 0.335 e. The number of hydrogen-bond acceptors (Lipinski definition) is 6. The molecule has 0 fully saturated rings. The van der Waals surface area contributed by atoms with Gasteiger partial charge in [-0.2, -0.15) is 0 Å². The van der Waals surface area contributed by atoms with Crippen molar-refractivity contribution in [2.24, 2.45) is 0 Å². The molecule has 0 atom stereocenters. The lowest BCUT2D eigenvalue weighted by Gasteiger charge is -2.10. The minimum atomic E-state index is -1.02. The first-order chi connectivity index (χ1) is 15.1. The lowest BCUT2D eigenvalue weighted by molar-refractivity contribution is 0.0696. The topological polar surface area (TPSA) is 109 Å². The fourth-order valence-electron chi connectivity index (χ4n) is 3.40. The Kier molecular flexibility index (Phi) is 4.37. The molecule has 8 heteroatoms. The molecule has 0 aliphatic carbocycles. The van der Waals surface area contributed by atoms with Gasteiger partial charge < -0.3 is 10.4 Å². The van der Waals surface area contributed by atoms with Crippen molar-refractivity contribution in [2.45, 2.75) is 0 Å². The molecule has 150 valence electrons. The van der Waals surface area contributed by atoms with Gasteiger partial charge in [0.2, 0.25) is 5.65 Å². The molecular weight excluding hydrogens is 394 g/mol. The van der Waals surface area contributed by atoms with Crippen LogP contribution < -0.4 is 5.32 Å². The number of rotatable bonds is 5. The first kappa shape index (κ1) is 18.4. The molecule has 0 unspecified atom stereocenters. The van der Waals surface area contributed by atoms with Gasteiger partial charge in [-0.15, -0.1) is 10.2 Å². The Morgan fingerprint density at radius 1 is 0.871 bits per heavy atom. The first-order valence-electron chi connectivity index (χ1n) is 9.44. The van der Waals surface area contributed by atoms with E-state index in [1.54, 1.807) is 53.2 Å². The average Bonchev–Trinajstić information content (AvgIpc) is 3.30. The van der Waals surface area contributed by atoms with E-state index in [0.717, 1.165) is 0 Å². The van der Waals surface area contributed by atoms with E-state index in [4.69, 9.17) is 0 Å². The van der Waals surface area contributed by atoms with Crippen LogP contribution in [0.5, 0.6) is 0 Å². The molecule has 0 saturated heterocycles. The van der Waals surface area contributed by atoms with Crippen LogP contribution in [0, 0.1) is 0 Å². The number of nitrogens with one attached hydrogen (secondary N) is 1. The lowest BCUT2D eigenvalue weighted by Crippen LogP contribution is -2.04. The predicted octanol–water partition coefficient (Wildman–Crippen LogP) is 3.95. The van der Waals surface area contributed by atoms with E-state index in [0.29, 0.717) is 39.3 Å². The van der Waals surface area contributed by atoms with Gasteiger partial charge in [0.25, 0.3) is 0 Å². The Morgan fingerprint density at radius 3 is 2.48 bits per heavy atom. The second-order valence-electron chi connectivity index (χ2n) is 6.89. The summed E-state index contributed by atoms with van der Waals surface area (Å²) in [5.74, 6) is -0.676. The van der Waals surface area contributed by atoms with Gasteiger partial charge in [-0.05, 0) is 36.4 Å². The van der Waals surface area contributed by atoms with Crippen LogP contribution in [-0.2, 0) is 0 Å². The van der Waals surface area contributed by atoms with Crippen molar-refractivity contribution < 1.29 is 14.7 Å². The molecule has 2 N–H and O–H groups in total. The highest BCUT2D eigenvalue weighted by Crippen LogP contribution is 2.25. The monoisotopic (exact) mass is 409 g/mol. The highest BCUT2D eigenvalue weighted by molar-refractivity contribution is 6.10. The number of carbonyl (C=O) groups is 2. The summed E-state index contributed by atoms with van der Waals surface area (Å²) < 4.78 is 1.74. The molecule has 0 aliphatic rings. The number of carbonyl (C=O) groups excluding carboxylic acids is 1. The number of carboxylic acids is 1. The van der Waals surface area contributed by atoms with E-state index in [1.165, 1.54) is 12.1 Å². The van der Waals surface area contributed by atoms with E-state index in [1.807, 2.05) is 18.2 Å². The van der Waals surface area contributed by atoms with Gasteiger partial charge in [-0.25, -0.2) is 9.78 Å². The number of benzene rings is 3. The summed E-state index contributed by atoms with van der Waals surface area (Å²) in [6.07, 6.45) is 1.55. The maximum atomic E-state index is 12.8. The van der Waals surface area contributed by atoms with Crippen LogP contribution in [0.3, 0.4) is 0 Å². The molecule has 3 aromatic carbocycles. The van der Waals surface area contributed by atoms with Gasteiger partial charge in [0, 0.05) is 16.8 Å². The molecule has 0 bridgehead atoms.